The Hall–Kier alpha value is -3.33. The normalized spacial score (nSPS) is 11.5. The fourth-order valence-electron chi connectivity index (χ4n) is 3.88. The van der Waals surface area contributed by atoms with Gasteiger partial charge < -0.3 is 15.3 Å². The van der Waals surface area contributed by atoms with Crippen LogP contribution in [-0.2, 0) is 29.9 Å². The maximum atomic E-state index is 12.6. The first-order valence-corrected chi connectivity index (χ1v) is 12.0. The van der Waals surface area contributed by atoms with Crippen LogP contribution in [0.1, 0.15) is 16.7 Å². The Morgan fingerprint density at radius 3 is 1.12 bits per heavy atom. The number of aliphatic hydroxyl groups is 3. The Labute approximate surface area is 198 Å². The standard InChI is InChI=1S/C27H24O6S/c28-15-18-1-7-21(8-2-18)24-13-25(22-9-3-19(16-29)4-10-22)27(34(31,32)33)26(14-24)23-11-5-20(17-30)6-12-23/h1-14,28-30H,15-17H2,(H,31,32,33). The average Bonchev–Trinajstić information content (AvgIpc) is 2.87. The summed E-state index contributed by atoms with van der Waals surface area (Å²) in [5.41, 5.74) is 5.38. The van der Waals surface area contributed by atoms with Crippen LogP contribution in [0.5, 0.6) is 0 Å². The molecule has 0 atom stereocenters. The minimum absolute atomic E-state index is 0.0904. The third kappa shape index (κ3) is 4.94. The molecule has 0 aliphatic carbocycles. The van der Waals surface area contributed by atoms with Gasteiger partial charge in [0.1, 0.15) is 4.90 Å². The van der Waals surface area contributed by atoms with Gasteiger partial charge in [0.15, 0.2) is 0 Å². The van der Waals surface area contributed by atoms with E-state index < -0.39 is 10.1 Å². The zero-order chi connectivity index (χ0) is 24.3. The molecule has 4 rings (SSSR count). The molecule has 4 N–H and O–H groups in total. The predicted molar refractivity (Wildman–Crippen MR) is 130 cm³/mol. The van der Waals surface area contributed by atoms with Gasteiger partial charge in [0.05, 0.1) is 19.8 Å². The second kappa shape index (κ2) is 9.89. The van der Waals surface area contributed by atoms with Crippen LogP contribution in [0.15, 0.2) is 89.8 Å². The van der Waals surface area contributed by atoms with E-state index in [-0.39, 0.29) is 24.7 Å². The lowest BCUT2D eigenvalue weighted by Gasteiger charge is -2.17. The van der Waals surface area contributed by atoms with Gasteiger partial charge in [-0.25, -0.2) is 0 Å². The molecular weight excluding hydrogens is 452 g/mol. The van der Waals surface area contributed by atoms with Crippen molar-refractivity contribution in [3.05, 3.63) is 102 Å². The van der Waals surface area contributed by atoms with Gasteiger partial charge in [-0.15, -0.1) is 0 Å². The first-order chi connectivity index (χ1) is 16.3. The minimum atomic E-state index is -4.63. The molecule has 4 aromatic carbocycles. The quantitative estimate of drug-likeness (QED) is 0.294. The lowest BCUT2D eigenvalue weighted by Crippen LogP contribution is -2.05. The summed E-state index contributed by atoms with van der Waals surface area (Å²) in [6, 6.07) is 24.3. The molecular formula is C27H24O6S. The molecule has 174 valence electrons. The predicted octanol–water partition coefficient (Wildman–Crippen LogP) is 4.41. The number of hydrogen-bond donors (Lipinski definition) is 4. The van der Waals surface area contributed by atoms with Gasteiger partial charge in [-0.3, -0.25) is 4.55 Å². The van der Waals surface area contributed by atoms with Crippen molar-refractivity contribution < 1.29 is 28.3 Å². The maximum Gasteiger partial charge on any atom is 0.295 e. The topological polar surface area (TPSA) is 115 Å². The third-order valence-electron chi connectivity index (χ3n) is 5.71. The molecule has 7 heteroatoms. The van der Waals surface area contributed by atoms with E-state index in [1.165, 1.54) is 0 Å². The van der Waals surface area contributed by atoms with Gasteiger partial charge in [-0.1, -0.05) is 72.8 Å². The number of hydrogen-bond acceptors (Lipinski definition) is 5. The fourth-order valence-corrected chi connectivity index (χ4v) is 4.79. The molecule has 0 radical (unpaired) electrons. The Morgan fingerprint density at radius 1 is 0.500 bits per heavy atom. The van der Waals surface area contributed by atoms with E-state index in [0.29, 0.717) is 33.4 Å². The van der Waals surface area contributed by atoms with E-state index in [9.17, 15) is 28.3 Å². The van der Waals surface area contributed by atoms with Gasteiger partial charge in [0.25, 0.3) is 10.1 Å². The molecule has 0 bridgehead atoms. The van der Waals surface area contributed by atoms with Crippen LogP contribution in [0.2, 0.25) is 0 Å². The average molecular weight is 477 g/mol. The first kappa shape index (κ1) is 23.8. The summed E-state index contributed by atoms with van der Waals surface area (Å²) in [6.45, 7) is -0.386. The smallest absolute Gasteiger partial charge is 0.295 e. The van der Waals surface area contributed by atoms with Crippen molar-refractivity contribution in [1.82, 2.24) is 0 Å². The van der Waals surface area contributed by atoms with Crippen LogP contribution in [0.3, 0.4) is 0 Å². The van der Waals surface area contributed by atoms with Crippen molar-refractivity contribution in [1.29, 1.82) is 0 Å². The Balaban J connectivity index is 2.03. The minimum Gasteiger partial charge on any atom is -0.392 e. The fraction of sp³-hybridized carbons (Fsp3) is 0.111. The zero-order valence-electron chi connectivity index (χ0n) is 18.2. The monoisotopic (exact) mass is 476 g/mol. The van der Waals surface area contributed by atoms with Crippen molar-refractivity contribution in [3.63, 3.8) is 0 Å². The second-order valence-electron chi connectivity index (χ2n) is 7.94. The highest BCUT2D eigenvalue weighted by Gasteiger charge is 2.24. The molecule has 0 aromatic heterocycles. The lowest BCUT2D eigenvalue weighted by atomic mass is 9.92. The van der Waals surface area contributed by atoms with E-state index in [4.69, 9.17) is 0 Å². The Morgan fingerprint density at radius 2 is 0.824 bits per heavy atom. The Bertz CT molecular complexity index is 1320. The van der Waals surface area contributed by atoms with E-state index in [1.807, 2.05) is 12.1 Å². The van der Waals surface area contributed by atoms with Crippen molar-refractivity contribution >= 4 is 10.1 Å². The highest BCUT2D eigenvalue weighted by molar-refractivity contribution is 7.86. The van der Waals surface area contributed by atoms with Gasteiger partial charge in [0.2, 0.25) is 0 Å². The summed E-state index contributed by atoms with van der Waals surface area (Å²) in [6.07, 6.45) is 0. The van der Waals surface area contributed by atoms with Gasteiger partial charge >= 0.3 is 0 Å². The SMILES string of the molecule is O=S(=O)(O)c1c(-c2ccc(CO)cc2)cc(-c2ccc(CO)cc2)cc1-c1ccc(CO)cc1. The number of rotatable bonds is 7. The highest BCUT2D eigenvalue weighted by atomic mass is 32.2. The zero-order valence-corrected chi connectivity index (χ0v) is 19.0. The maximum absolute atomic E-state index is 12.6. The number of benzene rings is 4. The molecule has 0 unspecified atom stereocenters. The van der Waals surface area contributed by atoms with Gasteiger partial charge in [-0.05, 0) is 51.1 Å². The van der Waals surface area contributed by atoms with Crippen LogP contribution in [0.25, 0.3) is 33.4 Å². The second-order valence-corrected chi connectivity index (χ2v) is 9.30. The van der Waals surface area contributed by atoms with Crippen LogP contribution in [0.4, 0.5) is 0 Å². The lowest BCUT2D eigenvalue weighted by molar-refractivity contribution is 0.281. The summed E-state index contributed by atoms with van der Waals surface area (Å²) in [4.78, 5) is -0.225. The van der Waals surface area contributed by atoms with Gasteiger partial charge in [0, 0.05) is 11.1 Å². The molecule has 0 aliphatic rings. The van der Waals surface area contributed by atoms with Crippen LogP contribution in [0, 0.1) is 0 Å². The van der Waals surface area contributed by atoms with Crippen molar-refractivity contribution in [2.75, 3.05) is 0 Å². The summed E-state index contributed by atoms with van der Waals surface area (Å²) < 4.78 is 35.6. The van der Waals surface area contributed by atoms with E-state index in [0.717, 1.165) is 16.7 Å². The van der Waals surface area contributed by atoms with Crippen LogP contribution >= 0.6 is 0 Å². The van der Waals surface area contributed by atoms with Gasteiger partial charge in [-0.2, -0.15) is 8.42 Å². The first-order valence-electron chi connectivity index (χ1n) is 10.6. The molecule has 6 nitrogen and oxygen atoms in total. The summed E-state index contributed by atoms with van der Waals surface area (Å²) in [5, 5.41) is 28.1. The third-order valence-corrected chi connectivity index (χ3v) is 6.67. The van der Waals surface area contributed by atoms with Crippen LogP contribution < -0.4 is 0 Å². The summed E-state index contributed by atoms with van der Waals surface area (Å²) in [7, 11) is -4.63. The van der Waals surface area contributed by atoms with E-state index in [2.05, 4.69) is 0 Å². The molecule has 0 aliphatic heterocycles. The Kier molecular flexibility index (Phi) is 6.92. The molecule has 0 spiro atoms. The number of aliphatic hydroxyl groups excluding tert-OH is 3. The molecule has 0 saturated carbocycles. The largest absolute Gasteiger partial charge is 0.392 e. The highest BCUT2D eigenvalue weighted by Crippen LogP contribution is 2.40. The summed E-state index contributed by atoms with van der Waals surface area (Å²) in [5.74, 6) is 0. The molecule has 4 aromatic rings. The molecule has 34 heavy (non-hydrogen) atoms. The summed E-state index contributed by atoms with van der Waals surface area (Å²) >= 11 is 0. The molecule has 0 saturated heterocycles. The molecule has 0 amide bonds. The molecule has 0 fully saturated rings. The molecule has 0 heterocycles. The van der Waals surface area contributed by atoms with E-state index >= 15 is 0 Å². The van der Waals surface area contributed by atoms with Crippen LogP contribution in [-0.4, -0.2) is 28.3 Å². The van der Waals surface area contributed by atoms with Crippen molar-refractivity contribution in [2.24, 2.45) is 0 Å². The van der Waals surface area contributed by atoms with E-state index in [1.54, 1.807) is 72.8 Å². The van der Waals surface area contributed by atoms with Crippen molar-refractivity contribution in [2.45, 2.75) is 24.7 Å². The van der Waals surface area contributed by atoms with Crippen molar-refractivity contribution in [3.8, 4) is 33.4 Å².